The number of hydrogen-bond acceptors (Lipinski definition) is 4. The third kappa shape index (κ3) is 5.31. The minimum atomic E-state index is -0.729. The van der Waals surface area contributed by atoms with Crippen LogP contribution in [0, 0.1) is 0 Å². The molecule has 0 saturated carbocycles. The highest BCUT2D eigenvalue weighted by atomic mass is 35.5. The molecule has 0 saturated heterocycles. The lowest BCUT2D eigenvalue weighted by Gasteiger charge is -2.07. The van der Waals surface area contributed by atoms with Gasteiger partial charge >= 0.3 is 5.97 Å². The standard InChI is InChI=1S/C18H15Cl2NO4/c1-2-17(23)21-13-6-3-11(4-7-13)16(22)10-25-18(24)14-9-12(19)5-8-15(14)20/h3-9H,2,10H2,1H3,(H,21,23). The molecule has 2 aromatic carbocycles. The quantitative estimate of drug-likeness (QED) is 0.596. The van der Waals surface area contributed by atoms with Crippen molar-refractivity contribution in [3.8, 4) is 0 Å². The van der Waals surface area contributed by atoms with Crippen molar-refractivity contribution in [1.29, 1.82) is 0 Å². The van der Waals surface area contributed by atoms with Gasteiger partial charge in [0.15, 0.2) is 12.4 Å². The van der Waals surface area contributed by atoms with E-state index in [0.29, 0.717) is 22.7 Å². The first-order valence-corrected chi connectivity index (χ1v) is 8.21. The van der Waals surface area contributed by atoms with Crippen molar-refractivity contribution in [1.82, 2.24) is 0 Å². The van der Waals surface area contributed by atoms with E-state index in [9.17, 15) is 14.4 Å². The van der Waals surface area contributed by atoms with E-state index in [1.165, 1.54) is 12.1 Å². The molecule has 0 heterocycles. The Kier molecular flexibility index (Phi) is 6.56. The molecule has 2 rings (SSSR count). The van der Waals surface area contributed by atoms with Crippen molar-refractivity contribution in [2.24, 2.45) is 0 Å². The zero-order valence-corrected chi connectivity index (χ0v) is 14.9. The maximum atomic E-state index is 12.1. The first-order valence-electron chi connectivity index (χ1n) is 7.46. The summed E-state index contributed by atoms with van der Waals surface area (Å²) in [5.41, 5.74) is 1.05. The number of nitrogens with one attached hydrogen (secondary N) is 1. The van der Waals surface area contributed by atoms with E-state index < -0.39 is 12.6 Å². The molecule has 0 aromatic heterocycles. The van der Waals surface area contributed by atoms with E-state index in [0.717, 1.165) is 0 Å². The monoisotopic (exact) mass is 379 g/mol. The van der Waals surface area contributed by atoms with Crippen LogP contribution in [0.4, 0.5) is 5.69 Å². The summed E-state index contributed by atoms with van der Waals surface area (Å²) in [5, 5.41) is 3.21. The van der Waals surface area contributed by atoms with Crippen molar-refractivity contribution in [2.75, 3.05) is 11.9 Å². The summed E-state index contributed by atoms with van der Waals surface area (Å²) in [7, 11) is 0. The van der Waals surface area contributed by atoms with Gasteiger partial charge in [0.05, 0.1) is 10.6 Å². The van der Waals surface area contributed by atoms with E-state index in [4.69, 9.17) is 27.9 Å². The number of rotatable bonds is 6. The van der Waals surface area contributed by atoms with E-state index >= 15 is 0 Å². The van der Waals surface area contributed by atoms with Crippen LogP contribution >= 0.6 is 23.2 Å². The van der Waals surface area contributed by atoms with Gasteiger partial charge in [-0.15, -0.1) is 0 Å². The molecule has 5 nitrogen and oxygen atoms in total. The average molecular weight is 380 g/mol. The van der Waals surface area contributed by atoms with Crippen LogP contribution in [-0.4, -0.2) is 24.3 Å². The van der Waals surface area contributed by atoms with Crippen molar-refractivity contribution < 1.29 is 19.1 Å². The highest BCUT2D eigenvalue weighted by molar-refractivity contribution is 6.35. The number of carbonyl (C=O) groups is 3. The van der Waals surface area contributed by atoms with Gasteiger partial charge in [0.1, 0.15) is 0 Å². The number of amides is 1. The molecule has 0 aliphatic carbocycles. The van der Waals surface area contributed by atoms with Crippen LogP contribution in [0.25, 0.3) is 0 Å². The minimum absolute atomic E-state index is 0.0968. The molecular weight excluding hydrogens is 365 g/mol. The summed E-state index contributed by atoms with van der Waals surface area (Å²) in [4.78, 5) is 35.4. The molecule has 0 spiro atoms. The second-order valence-electron chi connectivity index (χ2n) is 5.10. The number of carbonyl (C=O) groups excluding carboxylic acids is 3. The van der Waals surface area contributed by atoms with Crippen molar-refractivity contribution in [3.63, 3.8) is 0 Å². The minimum Gasteiger partial charge on any atom is -0.454 e. The second-order valence-corrected chi connectivity index (χ2v) is 5.95. The van der Waals surface area contributed by atoms with Gasteiger partial charge in [-0.05, 0) is 42.5 Å². The third-order valence-corrected chi connectivity index (χ3v) is 3.86. The zero-order chi connectivity index (χ0) is 18.4. The lowest BCUT2D eigenvalue weighted by molar-refractivity contribution is -0.115. The van der Waals surface area contributed by atoms with Gasteiger partial charge in [0.25, 0.3) is 0 Å². The van der Waals surface area contributed by atoms with Crippen LogP contribution < -0.4 is 5.32 Å². The number of benzene rings is 2. The summed E-state index contributed by atoms with van der Waals surface area (Å²) in [6, 6.07) is 10.7. The summed E-state index contributed by atoms with van der Waals surface area (Å²) >= 11 is 11.7. The molecule has 0 aliphatic heterocycles. The Morgan fingerprint density at radius 2 is 1.72 bits per heavy atom. The molecule has 0 unspecified atom stereocenters. The second kappa shape index (κ2) is 8.65. The van der Waals surface area contributed by atoms with Gasteiger partial charge in [-0.3, -0.25) is 9.59 Å². The normalized spacial score (nSPS) is 10.2. The summed E-state index contributed by atoms with van der Waals surface area (Å²) in [6.45, 7) is 1.32. The van der Waals surface area contributed by atoms with Crippen molar-refractivity contribution >= 4 is 46.5 Å². The van der Waals surface area contributed by atoms with E-state index in [1.807, 2.05) is 0 Å². The molecular formula is C18H15Cl2NO4. The van der Waals surface area contributed by atoms with Gasteiger partial charge < -0.3 is 10.1 Å². The smallest absolute Gasteiger partial charge is 0.340 e. The number of esters is 1. The maximum Gasteiger partial charge on any atom is 0.340 e. The Labute approximate surface area is 154 Å². The fourth-order valence-electron chi connectivity index (χ4n) is 1.93. The van der Waals surface area contributed by atoms with Crippen LogP contribution in [0.1, 0.15) is 34.1 Å². The van der Waals surface area contributed by atoms with E-state index in [2.05, 4.69) is 5.32 Å². The van der Waals surface area contributed by atoms with E-state index in [1.54, 1.807) is 37.3 Å². The fourth-order valence-corrected chi connectivity index (χ4v) is 2.30. The average Bonchev–Trinajstić information content (AvgIpc) is 2.61. The number of anilines is 1. The van der Waals surface area contributed by atoms with Crippen molar-refractivity contribution in [2.45, 2.75) is 13.3 Å². The fraction of sp³-hybridized carbons (Fsp3) is 0.167. The predicted octanol–water partition coefficient (Wildman–Crippen LogP) is 4.38. The first-order chi connectivity index (χ1) is 11.9. The lowest BCUT2D eigenvalue weighted by atomic mass is 10.1. The molecule has 130 valence electrons. The number of ether oxygens (including phenoxy) is 1. The molecule has 25 heavy (non-hydrogen) atoms. The summed E-state index contributed by atoms with van der Waals surface area (Å²) in [5.74, 6) is -1.22. The van der Waals surface area contributed by atoms with E-state index in [-0.39, 0.29) is 22.3 Å². The number of halogens is 2. The van der Waals surface area contributed by atoms with Gasteiger partial charge in [0.2, 0.25) is 5.91 Å². The Morgan fingerprint density at radius 3 is 2.36 bits per heavy atom. The molecule has 2 aromatic rings. The van der Waals surface area contributed by atoms with Gasteiger partial charge in [-0.1, -0.05) is 30.1 Å². The van der Waals surface area contributed by atoms with Crippen molar-refractivity contribution in [3.05, 3.63) is 63.6 Å². The molecule has 0 atom stereocenters. The Balaban J connectivity index is 1.96. The zero-order valence-electron chi connectivity index (χ0n) is 13.3. The van der Waals surface area contributed by atoms with Crippen LogP contribution in [-0.2, 0) is 9.53 Å². The predicted molar refractivity (Wildman–Crippen MR) is 96.4 cm³/mol. The van der Waals surface area contributed by atoms with Crippen LogP contribution in [0.5, 0.6) is 0 Å². The highest BCUT2D eigenvalue weighted by Gasteiger charge is 2.15. The lowest BCUT2D eigenvalue weighted by Crippen LogP contribution is -2.15. The van der Waals surface area contributed by atoms with Gasteiger partial charge in [0, 0.05) is 22.7 Å². The summed E-state index contributed by atoms with van der Waals surface area (Å²) in [6.07, 6.45) is 0.364. The van der Waals surface area contributed by atoms with Gasteiger partial charge in [-0.25, -0.2) is 4.79 Å². The van der Waals surface area contributed by atoms with Crippen LogP contribution in [0.2, 0.25) is 10.0 Å². The summed E-state index contributed by atoms with van der Waals surface area (Å²) < 4.78 is 4.99. The number of hydrogen-bond donors (Lipinski definition) is 1. The molecule has 1 N–H and O–H groups in total. The maximum absolute atomic E-state index is 12.1. The topological polar surface area (TPSA) is 72.5 Å². The largest absolute Gasteiger partial charge is 0.454 e. The number of Topliss-reactive ketones (excluding diaryl/α,β-unsaturated/α-hetero) is 1. The molecule has 0 aliphatic rings. The highest BCUT2D eigenvalue weighted by Crippen LogP contribution is 2.21. The van der Waals surface area contributed by atoms with Crippen LogP contribution in [0.15, 0.2) is 42.5 Å². The third-order valence-electron chi connectivity index (χ3n) is 3.29. The Morgan fingerprint density at radius 1 is 1.04 bits per heavy atom. The molecule has 0 bridgehead atoms. The molecule has 0 fully saturated rings. The molecule has 0 radical (unpaired) electrons. The SMILES string of the molecule is CCC(=O)Nc1ccc(C(=O)COC(=O)c2cc(Cl)ccc2Cl)cc1. The molecule has 1 amide bonds. The molecule has 7 heteroatoms. The van der Waals surface area contributed by atoms with Crippen LogP contribution in [0.3, 0.4) is 0 Å². The first kappa shape index (κ1) is 19.0. The van der Waals surface area contributed by atoms with Gasteiger partial charge in [-0.2, -0.15) is 0 Å². The Hall–Kier alpha value is -2.37. The number of ketones is 1. The Bertz CT molecular complexity index is 803.